The molecule has 1 N–H and O–H groups in total. The Bertz CT molecular complexity index is 630. The predicted octanol–water partition coefficient (Wildman–Crippen LogP) is 2.53. The van der Waals surface area contributed by atoms with Crippen LogP contribution in [0.2, 0.25) is 0 Å². The number of ether oxygens (including phenoxy) is 1. The summed E-state index contributed by atoms with van der Waals surface area (Å²) < 4.78 is 11.6. The molecule has 2 aliphatic rings. The third-order valence-electron chi connectivity index (χ3n) is 5.88. The lowest BCUT2D eigenvalue weighted by molar-refractivity contribution is -0.127. The van der Waals surface area contributed by atoms with Gasteiger partial charge < -0.3 is 24.3 Å². The third-order valence-corrected chi connectivity index (χ3v) is 5.88. The van der Waals surface area contributed by atoms with Gasteiger partial charge in [0.1, 0.15) is 12.3 Å². The molecule has 162 valence electrons. The Morgan fingerprint density at radius 1 is 1.28 bits per heavy atom. The maximum absolute atomic E-state index is 12.0. The van der Waals surface area contributed by atoms with Crippen molar-refractivity contribution in [1.29, 1.82) is 0 Å². The fourth-order valence-corrected chi connectivity index (χ4v) is 3.99. The molecule has 1 aliphatic heterocycles. The second kappa shape index (κ2) is 11.2. The zero-order valence-electron chi connectivity index (χ0n) is 17.9. The lowest BCUT2D eigenvalue weighted by Gasteiger charge is -2.34. The van der Waals surface area contributed by atoms with Gasteiger partial charge in [-0.2, -0.15) is 0 Å². The molecule has 1 aromatic heterocycles. The number of nitrogens with one attached hydrogen (secondary N) is 1. The number of carbonyl (C=O) groups excluding carboxylic acids is 1. The smallest absolute Gasteiger partial charge is 0.243 e. The van der Waals surface area contributed by atoms with Gasteiger partial charge >= 0.3 is 0 Å². The fraction of sp³-hybridized carbons (Fsp3) is 0.727. The standard InChI is InChI=1S/C22H36N4O3/c1-25(2)21(27)16-24-22(23-12-9-19-8-5-15-28-19)26-13-10-20(11-14-26)29-17-18-6-3-4-7-18/h5,8,15,18,20H,3-4,6-7,9-14,16-17H2,1-2H3,(H,23,24). The summed E-state index contributed by atoms with van der Waals surface area (Å²) in [6.45, 7) is 3.61. The van der Waals surface area contributed by atoms with Crippen molar-refractivity contribution in [1.82, 2.24) is 15.1 Å². The summed E-state index contributed by atoms with van der Waals surface area (Å²) in [4.78, 5) is 20.4. The van der Waals surface area contributed by atoms with Gasteiger partial charge in [-0.15, -0.1) is 0 Å². The number of hydrogen-bond donors (Lipinski definition) is 1. The molecule has 0 unspecified atom stereocenters. The van der Waals surface area contributed by atoms with E-state index < -0.39 is 0 Å². The number of rotatable bonds is 8. The van der Waals surface area contributed by atoms with Gasteiger partial charge in [0, 0.05) is 46.8 Å². The van der Waals surface area contributed by atoms with Gasteiger partial charge in [0.25, 0.3) is 0 Å². The lowest BCUT2D eigenvalue weighted by Crippen LogP contribution is -2.48. The van der Waals surface area contributed by atoms with Crippen LogP contribution in [0.5, 0.6) is 0 Å². The minimum Gasteiger partial charge on any atom is -0.469 e. The molecular formula is C22H36N4O3. The maximum Gasteiger partial charge on any atom is 0.243 e. The minimum absolute atomic E-state index is 0.00474. The number of hydrogen-bond acceptors (Lipinski definition) is 4. The zero-order valence-corrected chi connectivity index (χ0v) is 17.9. The molecule has 0 atom stereocenters. The number of carbonyl (C=O) groups is 1. The number of aliphatic imine (C=N–C) groups is 1. The fourth-order valence-electron chi connectivity index (χ4n) is 3.99. The molecule has 0 aromatic carbocycles. The van der Waals surface area contributed by atoms with Crippen molar-refractivity contribution in [2.24, 2.45) is 10.9 Å². The van der Waals surface area contributed by atoms with Crippen molar-refractivity contribution in [3.63, 3.8) is 0 Å². The van der Waals surface area contributed by atoms with Crippen molar-refractivity contribution in [3.8, 4) is 0 Å². The van der Waals surface area contributed by atoms with Crippen LogP contribution >= 0.6 is 0 Å². The third kappa shape index (κ3) is 7.07. The first-order valence-electron chi connectivity index (χ1n) is 11.0. The van der Waals surface area contributed by atoms with Crippen molar-refractivity contribution in [2.75, 3.05) is 46.9 Å². The highest BCUT2D eigenvalue weighted by atomic mass is 16.5. The highest BCUT2D eigenvalue weighted by Gasteiger charge is 2.24. The van der Waals surface area contributed by atoms with Crippen molar-refractivity contribution < 1.29 is 13.9 Å². The Kier molecular flexibility index (Phi) is 8.40. The first-order valence-corrected chi connectivity index (χ1v) is 11.0. The maximum atomic E-state index is 12.0. The molecule has 0 radical (unpaired) electrons. The van der Waals surface area contributed by atoms with Crippen molar-refractivity contribution in [2.45, 2.75) is 51.0 Å². The Morgan fingerprint density at radius 2 is 2.03 bits per heavy atom. The number of likely N-dealkylation sites (N-methyl/N-ethyl adjacent to an activating group) is 1. The molecule has 1 amide bonds. The molecule has 29 heavy (non-hydrogen) atoms. The van der Waals surface area contributed by atoms with E-state index in [1.165, 1.54) is 25.7 Å². The molecular weight excluding hydrogens is 368 g/mol. The molecule has 2 fully saturated rings. The normalized spacial score (nSPS) is 19.0. The summed E-state index contributed by atoms with van der Waals surface area (Å²) in [5.74, 6) is 2.52. The predicted molar refractivity (Wildman–Crippen MR) is 114 cm³/mol. The van der Waals surface area contributed by atoms with Gasteiger partial charge in [-0.1, -0.05) is 12.8 Å². The van der Waals surface area contributed by atoms with Crippen LogP contribution in [0.1, 0.15) is 44.3 Å². The first-order chi connectivity index (χ1) is 14.1. The van der Waals surface area contributed by atoms with Gasteiger partial charge in [-0.25, -0.2) is 4.99 Å². The summed E-state index contributed by atoms with van der Waals surface area (Å²) in [6.07, 6.45) is 10.2. The van der Waals surface area contributed by atoms with E-state index in [4.69, 9.17) is 9.15 Å². The quantitative estimate of drug-likeness (QED) is 0.533. The molecule has 0 spiro atoms. The van der Waals surface area contributed by atoms with Crippen molar-refractivity contribution in [3.05, 3.63) is 24.2 Å². The second-order valence-corrected chi connectivity index (χ2v) is 8.35. The van der Waals surface area contributed by atoms with Crippen LogP contribution in [0.15, 0.2) is 27.8 Å². The molecule has 7 heteroatoms. The molecule has 1 aromatic rings. The summed E-state index contributed by atoms with van der Waals surface area (Å²) in [5, 5.41) is 3.42. The van der Waals surface area contributed by atoms with Gasteiger partial charge in [-0.05, 0) is 43.7 Å². The van der Waals surface area contributed by atoms with Crippen LogP contribution in [0.25, 0.3) is 0 Å². The minimum atomic E-state index is 0.00474. The number of piperidine rings is 1. The highest BCUT2D eigenvalue weighted by Crippen LogP contribution is 2.26. The molecule has 7 nitrogen and oxygen atoms in total. The van der Waals surface area contributed by atoms with E-state index in [9.17, 15) is 4.79 Å². The van der Waals surface area contributed by atoms with E-state index in [1.807, 2.05) is 12.1 Å². The Morgan fingerprint density at radius 3 is 2.69 bits per heavy atom. The number of guanidine groups is 1. The molecule has 1 saturated heterocycles. The van der Waals surface area contributed by atoms with E-state index in [0.29, 0.717) is 6.10 Å². The summed E-state index contributed by atoms with van der Waals surface area (Å²) in [6, 6.07) is 3.87. The molecule has 2 heterocycles. The molecule has 0 bridgehead atoms. The summed E-state index contributed by atoms with van der Waals surface area (Å²) in [7, 11) is 3.52. The topological polar surface area (TPSA) is 70.3 Å². The van der Waals surface area contributed by atoms with Gasteiger partial charge in [0.2, 0.25) is 5.91 Å². The summed E-state index contributed by atoms with van der Waals surface area (Å²) >= 11 is 0. The van der Waals surface area contributed by atoms with Crippen LogP contribution in [0.4, 0.5) is 0 Å². The van der Waals surface area contributed by atoms with Crippen molar-refractivity contribution >= 4 is 11.9 Å². The SMILES string of the molecule is CN(C)C(=O)CN=C(NCCc1ccco1)N1CCC(OCC2CCCC2)CC1. The molecule has 1 aliphatic carbocycles. The average molecular weight is 405 g/mol. The highest BCUT2D eigenvalue weighted by molar-refractivity contribution is 5.84. The largest absolute Gasteiger partial charge is 0.469 e. The number of nitrogens with zero attached hydrogens (tertiary/aromatic N) is 3. The molecule has 3 rings (SSSR count). The number of furan rings is 1. The Labute approximate surface area is 174 Å². The van der Waals surface area contributed by atoms with E-state index >= 15 is 0 Å². The summed E-state index contributed by atoms with van der Waals surface area (Å²) in [5.41, 5.74) is 0. The van der Waals surface area contributed by atoms with E-state index in [-0.39, 0.29) is 12.5 Å². The van der Waals surface area contributed by atoms with Gasteiger partial charge in [0.05, 0.1) is 12.4 Å². The Hall–Kier alpha value is -2.02. The zero-order chi connectivity index (χ0) is 20.5. The number of amides is 1. The van der Waals surface area contributed by atoms with Gasteiger partial charge in [-0.3, -0.25) is 4.79 Å². The van der Waals surface area contributed by atoms with Crippen LogP contribution < -0.4 is 5.32 Å². The monoisotopic (exact) mass is 404 g/mol. The van der Waals surface area contributed by atoms with Crippen LogP contribution in [-0.4, -0.2) is 74.7 Å². The van der Waals surface area contributed by atoms with Crippen LogP contribution in [0, 0.1) is 5.92 Å². The van der Waals surface area contributed by atoms with E-state index in [0.717, 1.165) is 63.1 Å². The first kappa shape index (κ1) is 21.7. The van der Waals surface area contributed by atoms with Crippen LogP contribution in [0.3, 0.4) is 0 Å². The molecule has 1 saturated carbocycles. The van der Waals surface area contributed by atoms with Crippen LogP contribution in [-0.2, 0) is 16.0 Å². The number of likely N-dealkylation sites (tertiary alicyclic amines) is 1. The van der Waals surface area contributed by atoms with E-state index in [1.54, 1.807) is 25.3 Å². The second-order valence-electron chi connectivity index (χ2n) is 8.35. The lowest BCUT2D eigenvalue weighted by atomic mass is 10.1. The Balaban J connectivity index is 1.48. The average Bonchev–Trinajstić information content (AvgIpc) is 3.43. The van der Waals surface area contributed by atoms with E-state index in [2.05, 4.69) is 15.2 Å². The van der Waals surface area contributed by atoms with Gasteiger partial charge in [0.15, 0.2) is 5.96 Å².